The van der Waals surface area contributed by atoms with Gasteiger partial charge in [0.2, 0.25) is 65.0 Å². The maximum absolute atomic E-state index is 14.0. The first-order valence-electron chi connectivity index (χ1n) is 25.2. The number of amides is 11. The molecule has 21 N–H and O–H groups in total. The molecule has 444 valence electrons. The van der Waals surface area contributed by atoms with Gasteiger partial charge >= 0.3 is 5.97 Å². The van der Waals surface area contributed by atoms with Gasteiger partial charge in [0.15, 0.2) is 0 Å². The average molecular weight is 1130 g/mol. The maximum atomic E-state index is 14.0. The summed E-state index contributed by atoms with van der Waals surface area (Å²) in [5, 5.41) is 86.4. The molecule has 1 aromatic carbocycles. The monoisotopic (exact) mass is 1130 g/mol. The molecule has 31 nitrogen and oxygen atoms in total. The van der Waals surface area contributed by atoms with Gasteiger partial charge in [-0.2, -0.15) is 0 Å². The highest BCUT2D eigenvalue weighted by Gasteiger charge is 2.39. The Bertz CT molecular complexity index is 2240. The first-order valence-corrected chi connectivity index (χ1v) is 25.2. The van der Waals surface area contributed by atoms with E-state index in [1.807, 2.05) is 0 Å². The highest BCUT2D eigenvalue weighted by molar-refractivity contribution is 6.00. The Hall–Kier alpha value is -7.42. The van der Waals surface area contributed by atoms with Gasteiger partial charge in [0.05, 0.1) is 44.5 Å². The number of carbonyl (C=O) groups is 12. The normalized spacial score (nSPS) is 16.1. The molecule has 1 aromatic rings. The number of unbranched alkanes of at least 4 members (excludes halogenated alkanes) is 1. The summed E-state index contributed by atoms with van der Waals surface area (Å²) in [6.45, 7) is 5.32. The maximum Gasteiger partial charge on any atom is 0.325 e. The van der Waals surface area contributed by atoms with Crippen LogP contribution in [-0.4, -0.2) is 214 Å². The lowest BCUT2D eigenvalue weighted by Gasteiger charge is -2.30. The number of hydrogen-bond donors (Lipinski definition) is 19. The Balaban J connectivity index is 3.36. The molecule has 0 heterocycles. The fourth-order valence-electron chi connectivity index (χ4n) is 7.21. The molecule has 0 aliphatic carbocycles. The number of likely N-dealkylation sites (N-methyl/N-ethyl adjacent to an activating group) is 1. The van der Waals surface area contributed by atoms with Gasteiger partial charge in [-0.3, -0.25) is 57.5 Å². The Labute approximate surface area is 455 Å². The number of nitrogens with two attached hydrogens (primary N) is 2. The molecule has 0 radical (unpaired) electrons. The molecule has 0 saturated carbocycles. The molecule has 0 aliphatic heterocycles. The number of primary amides is 1. The molecule has 0 aromatic heterocycles. The molecule has 0 saturated heterocycles. The van der Waals surface area contributed by atoms with Crippen molar-refractivity contribution in [1.29, 1.82) is 0 Å². The first kappa shape index (κ1) is 69.6. The number of aliphatic hydroxyl groups excluding tert-OH is 5. The van der Waals surface area contributed by atoms with Crippen LogP contribution in [0.25, 0.3) is 0 Å². The summed E-state index contributed by atoms with van der Waals surface area (Å²) in [4.78, 5) is 157. The van der Waals surface area contributed by atoms with E-state index in [4.69, 9.17) is 11.5 Å². The summed E-state index contributed by atoms with van der Waals surface area (Å²) in [7, 11) is 1.44. The van der Waals surface area contributed by atoms with E-state index in [0.29, 0.717) is 18.4 Å². The van der Waals surface area contributed by atoms with Gasteiger partial charge in [-0.05, 0) is 72.0 Å². The molecule has 79 heavy (non-hydrogen) atoms. The van der Waals surface area contributed by atoms with Crippen LogP contribution in [0.1, 0.15) is 72.8 Å². The third-order valence-corrected chi connectivity index (χ3v) is 11.7. The zero-order valence-electron chi connectivity index (χ0n) is 45.1. The van der Waals surface area contributed by atoms with E-state index >= 15 is 0 Å². The Morgan fingerprint density at radius 1 is 0.494 bits per heavy atom. The second-order valence-corrected chi connectivity index (χ2v) is 18.9. The first-order chi connectivity index (χ1) is 37.0. The smallest absolute Gasteiger partial charge is 0.325 e. The largest absolute Gasteiger partial charge is 0.480 e. The average Bonchev–Trinajstić information content (AvgIpc) is 3.37. The summed E-state index contributed by atoms with van der Waals surface area (Å²) in [5.74, 6) is -14.1. The third-order valence-electron chi connectivity index (χ3n) is 11.7. The predicted octanol–water partition coefficient (Wildman–Crippen LogP) is -8.81. The summed E-state index contributed by atoms with van der Waals surface area (Å²) in [6.07, 6.45) is -5.57. The zero-order chi connectivity index (χ0) is 60.3. The molecular formula is C48H79N13O18. The SMILES string of the molecule is CNCC(=O)N[C@@H](CO)C(=O)N[C@@H](CC(N)=O)C(=O)N[C@@H](Cc1ccccc1)C(=O)N[C@H](C(=O)N[C@@H](CO)C(=O)N[C@H](C(=O)N[C@H](C(=O)N[C@H](C(=O)N[C@@H](CCCCN)C(=O)N[C@@H](C)C(=O)O)C(C)C)[C@@H](C)O)[C@@H](C)O)[C@@H](C)O. The molecule has 0 aliphatic rings. The molecular weight excluding hydrogens is 1050 g/mol. The Kier molecular flexibility index (Phi) is 31.0. The minimum absolute atomic E-state index is 0.0399. The second-order valence-electron chi connectivity index (χ2n) is 18.9. The Morgan fingerprint density at radius 2 is 0.886 bits per heavy atom. The third kappa shape index (κ3) is 24.4. The van der Waals surface area contributed by atoms with E-state index in [9.17, 15) is 88.2 Å². The number of aliphatic hydroxyl groups is 5. The van der Waals surface area contributed by atoms with Gasteiger partial charge in [-0.1, -0.05) is 44.2 Å². The van der Waals surface area contributed by atoms with Crippen molar-refractivity contribution in [3.05, 3.63) is 35.9 Å². The number of nitrogens with one attached hydrogen (secondary N) is 11. The lowest BCUT2D eigenvalue weighted by atomic mass is 10.0. The number of carboxylic acid groups (broad SMARTS) is 1. The van der Waals surface area contributed by atoms with E-state index < -0.39 is 175 Å². The summed E-state index contributed by atoms with van der Waals surface area (Å²) < 4.78 is 0. The second kappa shape index (κ2) is 35.2. The van der Waals surface area contributed by atoms with Gasteiger partial charge in [0, 0.05) is 6.42 Å². The fraction of sp³-hybridized carbons (Fsp3) is 0.625. The number of carboxylic acids is 1. The number of carbonyl (C=O) groups excluding carboxylic acids is 11. The van der Waals surface area contributed by atoms with Crippen molar-refractivity contribution in [1.82, 2.24) is 58.5 Å². The molecule has 0 spiro atoms. The quantitative estimate of drug-likeness (QED) is 0.0278. The van der Waals surface area contributed by atoms with Crippen LogP contribution in [0.3, 0.4) is 0 Å². The van der Waals surface area contributed by atoms with Crippen molar-refractivity contribution in [2.45, 2.75) is 152 Å². The van der Waals surface area contributed by atoms with Gasteiger partial charge in [0.25, 0.3) is 0 Å². The standard InChI is InChI=1S/C48H79N13O18/c1-22(2)35(44(74)54-28(15-11-12-16-49)39(69)52-23(3)48(78)79)58-46(76)38(26(6)66)61-47(77)37(25(5)65)60-43(73)32(21-63)57-45(75)36(24(4)64)59-41(71)29(17-27-13-9-8-10-14-27)55-40(70)30(18-33(50)67)56-42(72)31(20-62)53-34(68)19-51-7/h8-10,13-14,22-26,28-32,35-38,51,62-66H,11-12,15-21,49H2,1-7H3,(H2,50,67)(H,52,69)(H,53,68)(H,54,74)(H,55,70)(H,56,72)(H,57,75)(H,58,76)(H,59,71)(H,60,73)(H,61,77)(H,78,79)/t23-,24+,25+,26+,28-,29-,30-,31-,32-,35-,36-,37-,38-/m0/s1. The van der Waals surface area contributed by atoms with Crippen molar-refractivity contribution in [3.8, 4) is 0 Å². The number of hydrogen-bond acceptors (Lipinski definition) is 19. The van der Waals surface area contributed by atoms with Gasteiger partial charge in [-0.15, -0.1) is 0 Å². The van der Waals surface area contributed by atoms with E-state index in [0.717, 1.165) is 20.8 Å². The number of aliphatic carboxylic acids is 1. The molecule has 0 bridgehead atoms. The van der Waals surface area contributed by atoms with Crippen LogP contribution in [0.2, 0.25) is 0 Å². The molecule has 13 atom stereocenters. The van der Waals surface area contributed by atoms with E-state index in [1.54, 1.807) is 30.3 Å². The van der Waals surface area contributed by atoms with E-state index in [-0.39, 0.29) is 25.9 Å². The molecule has 0 unspecified atom stereocenters. The van der Waals surface area contributed by atoms with E-state index in [2.05, 4.69) is 58.5 Å². The van der Waals surface area contributed by atoms with Crippen molar-refractivity contribution < 1.29 is 88.2 Å². The summed E-state index contributed by atoms with van der Waals surface area (Å²) in [6, 6.07) is -8.91. The summed E-state index contributed by atoms with van der Waals surface area (Å²) >= 11 is 0. The highest BCUT2D eigenvalue weighted by Crippen LogP contribution is 2.10. The van der Waals surface area contributed by atoms with Crippen LogP contribution in [-0.2, 0) is 64.0 Å². The minimum atomic E-state index is -1.99. The lowest BCUT2D eigenvalue weighted by molar-refractivity contribution is -0.142. The minimum Gasteiger partial charge on any atom is -0.480 e. The molecule has 0 fully saturated rings. The predicted molar refractivity (Wildman–Crippen MR) is 277 cm³/mol. The van der Waals surface area contributed by atoms with Gasteiger partial charge in [-0.25, -0.2) is 0 Å². The van der Waals surface area contributed by atoms with Gasteiger partial charge in [0.1, 0.15) is 60.4 Å². The summed E-state index contributed by atoms with van der Waals surface area (Å²) in [5.41, 5.74) is 11.3. The van der Waals surface area contributed by atoms with Crippen LogP contribution < -0.4 is 70.0 Å². The fourth-order valence-corrected chi connectivity index (χ4v) is 7.21. The topological polar surface area (TPSA) is 511 Å². The van der Waals surface area contributed by atoms with Crippen LogP contribution in [0.5, 0.6) is 0 Å². The van der Waals surface area contributed by atoms with Crippen LogP contribution in [0.4, 0.5) is 0 Å². The number of rotatable bonds is 36. The molecule has 1 rings (SSSR count). The van der Waals surface area contributed by atoms with Crippen molar-refractivity contribution in [2.24, 2.45) is 17.4 Å². The van der Waals surface area contributed by atoms with Crippen molar-refractivity contribution in [3.63, 3.8) is 0 Å². The zero-order valence-corrected chi connectivity index (χ0v) is 45.1. The van der Waals surface area contributed by atoms with Crippen LogP contribution in [0.15, 0.2) is 30.3 Å². The number of benzene rings is 1. The van der Waals surface area contributed by atoms with Crippen molar-refractivity contribution >= 4 is 70.9 Å². The molecule has 11 amide bonds. The highest BCUT2D eigenvalue weighted by atomic mass is 16.4. The molecule has 31 heteroatoms. The van der Waals surface area contributed by atoms with Crippen LogP contribution >= 0.6 is 0 Å². The lowest BCUT2D eigenvalue weighted by Crippen LogP contribution is -2.64. The Morgan fingerprint density at radius 3 is 1.34 bits per heavy atom. The van der Waals surface area contributed by atoms with Gasteiger partial charge < -0.3 is 101 Å². The van der Waals surface area contributed by atoms with Crippen molar-refractivity contribution in [2.75, 3.05) is 33.4 Å². The van der Waals surface area contributed by atoms with E-state index in [1.165, 1.54) is 27.8 Å². The van der Waals surface area contributed by atoms with Crippen LogP contribution in [0, 0.1) is 5.92 Å².